The van der Waals surface area contributed by atoms with Crippen LogP contribution in [0.25, 0.3) is 0 Å². The van der Waals surface area contributed by atoms with E-state index in [0.717, 1.165) is 6.54 Å². The van der Waals surface area contributed by atoms with E-state index in [4.69, 9.17) is 0 Å². The molecule has 1 aromatic rings. The molecule has 18 heavy (non-hydrogen) atoms. The van der Waals surface area contributed by atoms with Crippen molar-refractivity contribution < 1.29 is 0 Å². The second-order valence-electron chi connectivity index (χ2n) is 4.88. The quantitative estimate of drug-likeness (QED) is 0.608. The highest BCUT2D eigenvalue weighted by atomic mass is 32.1. The van der Waals surface area contributed by atoms with Gasteiger partial charge in [0.25, 0.3) is 0 Å². The van der Waals surface area contributed by atoms with Crippen molar-refractivity contribution in [2.24, 2.45) is 0 Å². The summed E-state index contributed by atoms with van der Waals surface area (Å²) in [5.41, 5.74) is 0. The molecule has 0 aliphatic heterocycles. The molecule has 0 fully saturated rings. The lowest BCUT2D eigenvalue weighted by Gasteiger charge is -2.15. The van der Waals surface area contributed by atoms with Gasteiger partial charge in [0.2, 0.25) is 0 Å². The molecule has 0 aliphatic carbocycles. The Morgan fingerprint density at radius 3 is 2.56 bits per heavy atom. The molecule has 0 bridgehead atoms. The SMILES string of the molecule is CCCCCCCCC(NCCC)c1cnns1. The number of unbranched alkanes of at least 4 members (excludes halogenated alkanes) is 5. The van der Waals surface area contributed by atoms with Crippen LogP contribution in [0, 0.1) is 0 Å². The average Bonchev–Trinajstić information content (AvgIpc) is 2.91. The van der Waals surface area contributed by atoms with Gasteiger partial charge in [0, 0.05) is 6.04 Å². The Hall–Kier alpha value is -0.480. The zero-order valence-electron chi connectivity index (χ0n) is 11.8. The Kier molecular flexibility index (Phi) is 9.04. The van der Waals surface area contributed by atoms with Gasteiger partial charge in [-0.05, 0) is 30.9 Å². The number of nitrogens with one attached hydrogen (secondary N) is 1. The predicted octanol–water partition coefficient (Wildman–Crippen LogP) is 4.33. The maximum atomic E-state index is 3.97. The summed E-state index contributed by atoms with van der Waals surface area (Å²) in [5, 5.41) is 7.55. The molecule has 0 aliphatic rings. The third-order valence-corrected chi connectivity index (χ3v) is 3.99. The number of nitrogens with zero attached hydrogens (tertiary/aromatic N) is 2. The van der Waals surface area contributed by atoms with Gasteiger partial charge in [0.1, 0.15) is 0 Å². The third-order valence-electron chi connectivity index (χ3n) is 3.21. The second-order valence-corrected chi connectivity index (χ2v) is 5.70. The Bertz CT molecular complexity index is 275. The molecule has 104 valence electrons. The summed E-state index contributed by atoms with van der Waals surface area (Å²) in [6, 6.07) is 0.469. The Labute approximate surface area is 116 Å². The van der Waals surface area contributed by atoms with Crippen LogP contribution in [0.15, 0.2) is 6.20 Å². The summed E-state index contributed by atoms with van der Waals surface area (Å²) in [6.45, 7) is 5.56. The van der Waals surface area contributed by atoms with E-state index in [0.29, 0.717) is 6.04 Å². The first-order valence-corrected chi connectivity index (χ1v) is 8.16. The third kappa shape index (κ3) is 6.45. The summed E-state index contributed by atoms with van der Waals surface area (Å²) in [5.74, 6) is 0. The fourth-order valence-corrected chi connectivity index (χ4v) is 2.73. The van der Waals surface area contributed by atoms with Gasteiger partial charge in [-0.3, -0.25) is 0 Å². The van der Waals surface area contributed by atoms with Crippen LogP contribution in [-0.4, -0.2) is 16.1 Å². The molecule has 3 nitrogen and oxygen atoms in total. The van der Waals surface area contributed by atoms with Crippen molar-refractivity contribution in [3.05, 3.63) is 11.1 Å². The predicted molar refractivity (Wildman–Crippen MR) is 78.9 cm³/mol. The van der Waals surface area contributed by atoms with Gasteiger partial charge in [-0.15, -0.1) is 5.10 Å². The van der Waals surface area contributed by atoms with E-state index >= 15 is 0 Å². The standard InChI is InChI=1S/C14H27N3S/c1-3-5-6-7-8-9-10-13(15-11-4-2)14-12-16-17-18-14/h12-13,15H,3-11H2,1-2H3. The van der Waals surface area contributed by atoms with Crippen LogP contribution in [0.5, 0.6) is 0 Å². The van der Waals surface area contributed by atoms with Crippen LogP contribution in [-0.2, 0) is 0 Å². The van der Waals surface area contributed by atoms with Gasteiger partial charge >= 0.3 is 0 Å². The van der Waals surface area contributed by atoms with E-state index in [-0.39, 0.29) is 0 Å². The molecular formula is C14H27N3S. The highest BCUT2D eigenvalue weighted by molar-refractivity contribution is 7.05. The summed E-state index contributed by atoms with van der Waals surface area (Å²) < 4.78 is 3.97. The summed E-state index contributed by atoms with van der Waals surface area (Å²) in [6.07, 6.45) is 12.5. The molecule has 4 heteroatoms. The highest BCUT2D eigenvalue weighted by Crippen LogP contribution is 2.22. The lowest BCUT2D eigenvalue weighted by atomic mass is 10.0. The summed E-state index contributed by atoms with van der Waals surface area (Å²) in [7, 11) is 0. The van der Waals surface area contributed by atoms with Crippen molar-refractivity contribution in [1.82, 2.24) is 14.9 Å². The Balaban J connectivity index is 2.20. The molecule has 0 spiro atoms. The van der Waals surface area contributed by atoms with Crippen LogP contribution >= 0.6 is 11.5 Å². The summed E-state index contributed by atoms with van der Waals surface area (Å²) >= 11 is 1.53. The molecule has 0 amide bonds. The molecule has 1 heterocycles. The van der Waals surface area contributed by atoms with E-state index < -0.39 is 0 Å². The van der Waals surface area contributed by atoms with E-state index in [1.807, 2.05) is 6.20 Å². The Morgan fingerprint density at radius 1 is 1.11 bits per heavy atom. The van der Waals surface area contributed by atoms with Crippen LogP contribution < -0.4 is 5.32 Å². The van der Waals surface area contributed by atoms with Crippen molar-refractivity contribution >= 4 is 11.5 Å². The summed E-state index contributed by atoms with van der Waals surface area (Å²) in [4.78, 5) is 1.29. The minimum absolute atomic E-state index is 0.469. The molecule has 1 atom stereocenters. The second kappa shape index (κ2) is 10.4. The number of rotatable bonds is 11. The lowest BCUT2D eigenvalue weighted by molar-refractivity contribution is 0.471. The first-order valence-electron chi connectivity index (χ1n) is 7.39. The number of aromatic nitrogens is 2. The monoisotopic (exact) mass is 269 g/mol. The van der Waals surface area contributed by atoms with E-state index in [1.165, 1.54) is 67.8 Å². The Morgan fingerprint density at radius 2 is 1.89 bits per heavy atom. The molecular weight excluding hydrogens is 242 g/mol. The molecule has 0 saturated carbocycles. The minimum Gasteiger partial charge on any atom is -0.309 e. The maximum absolute atomic E-state index is 3.97. The first kappa shape index (κ1) is 15.6. The zero-order chi connectivity index (χ0) is 13.1. The highest BCUT2D eigenvalue weighted by Gasteiger charge is 2.12. The average molecular weight is 269 g/mol. The van der Waals surface area contributed by atoms with Crippen LogP contribution in [0.1, 0.15) is 76.1 Å². The maximum Gasteiger partial charge on any atom is 0.0669 e. The normalized spacial score (nSPS) is 12.8. The van der Waals surface area contributed by atoms with Gasteiger partial charge < -0.3 is 5.32 Å². The smallest absolute Gasteiger partial charge is 0.0669 e. The fraction of sp³-hybridized carbons (Fsp3) is 0.857. The molecule has 1 unspecified atom stereocenters. The van der Waals surface area contributed by atoms with E-state index in [2.05, 4.69) is 28.8 Å². The number of hydrogen-bond acceptors (Lipinski definition) is 4. The molecule has 1 N–H and O–H groups in total. The molecule has 1 rings (SSSR count). The molecule has 0 radical (unpaired) electrons. The molecule has 0 saturated heterocycles. The van der Waals surface area contributed by atoms with Crippen molar-refractivity contribution in [2.45, 2.75) is 71.3 Å². The van der Waals surface area contributed by atoms with Gasteiger partial charge in [-0.2, -0.15) is 0 Å². The largest absolute Gasteiger partial charge is 0.309 e. The van der Waals surface area contributed by atoms with Gasteiger partial charge in [0.05, 0.1) is 11.1 Å². The van der Waals surface area contributed by atoms with Crippen molar-refractivity contribution in [3.8, 4) is 0 Å². The van der Waals surface area contributed by atoms with Gasteiger partial charge in [-0.25, -0.2) is 0 Å². The van der Waals surface area contributed by atoms with Gasteiger partial charge in [-0.1, -0.05) is 56.9 Å². The minimum atomic E-state index is 0.469. The lowest BCUT2D eigenvalue weighted by Crippen LogP contribution is -2.21. The van der Waals surface area contributed by atoms with Crippen LogP contribution in [0.4, 0.5) is 0 Å². The zero-order valence-corrected chi connectivity index (χ0v) is 12.6. The van der Waals surface area contributed by atoms with Crippen LogP contribution in [0.3, 0.4) is 0 Å². The fourth-order valence-electron chi connectivity index (χ4n) is 2.12. The van der Waals surface area contributed by atoms with E-state index in [9.17, 15) is 0 Å². The molecule has 1 aromatic heterocycles. The van der Waals surface area contributed by atoms with Gasteiger partial charge in [0.15, 0.2) is 0 Å². The topological polar surface area (TPSA) is 37.8 Å². The molecule has 0 aromatic carbocycles. The number of hydrogen-bond donors (Lipinski definition) is 1. The first-order chi connectivity index (χ1) is 8.88. The van der Waals surface area contributed by atoms with Crippen molar-refractivity contribution in [1.29, 1.82) is 0 Å². The van der Waals surface area contributed by atoms with Crippen LogP contribution in [0.2, 0.25) is 0 Å². The van der Waals surface area contributed by atoms with Crippen molar-refractivity contribution in [3.63, 3.8) is 0 Å². The van der Waals surface area contributed by atoms with Crippen molar-refractivity contribution in [2.75, 3.05) is 6.54 Å². The van der Waals surface area contributed by atoms with E-state index in [1.54, 1.807) is 0 Å².